The lowest BCUT2D eigenvalue weighted by molar-refractivity contribution is -0.121. The van der Waals surface area contributed by atoms with Crippen LogP contribution in [0.15, 0.2) is 17.2 Å². The minimum Gasteiger partial charge on any atom is -0.351 e. The van der Waals surface area contributed by atoms with Crippen LogP contribution in [0.3, 0.4) is 0 Å². The van der Waals surface area contributed by atoms with E-state index in [4.69, 9.17) is 5.73 Å². The number of anilines is 1. The van der Waals surface area contributed by atoms with Crippen LogP contribution in [0.1, 0.15) is 45.2 Å². The van der Waals surface area contributed by atoms with E-state index in [2.05, 4.69) is 20.6 Å². The van der Waals surface area contributed by atoms with Gasteiger partial charge in [-0.15, -0.1) is 11.8 Å². The second kappa shape index (κ2) is 11.6. The summed E-state index contributed by atoms with van der Waals surface area (Å²) in [6.45, 7) is 4.00. The number of nitrogens with two attached hydrogens (primary N) is 1. The Morgan fingerprint density at radius 2 is 2.00 bits per heavy atom. The Morgan fingerprint density at radius 1 is 1.32 bits per heavy atom. The quantitative estimate of drug-likeness (QED) is 0.523. The SMILES string of the molecule is CC.CS/C(=C\c1ccnc(NC2CCC(N)CC2)n1)C(=O)NC=O. The van der Waals surface area contributed by atoms with E-state index in [1.165, 1.54) is 11.8 Å². The molecular formula is C17H27N5O2S. The molecule has 0 radical (unpaired) electrons. The number of nitrogens with zero attached hydrogens (tertiary/aromatic N) is 2. The Balaban J connectivity index is 0.00000151. The van der Waals surface area contributed by atoms with Gasteiger partial charge in [0.05, 0.1) is 10.6 Å². The first-order chi connectivity index (χ1) is 12.1. The number of imide groups is 1. The maximum Gasteiger partial charge on any atom is 0.264 e. The van der Waals surface area contributed by atoms with Gasteiger partial charge < -0.3 is 11.1 Å². The summed E-state index contributed by atoms with van der Waals surface area (Å²) >= 11 is 1.25. The number of hydrogen-bond donors (Lipinski definition) is 3. The molecule has 0 bridgehead atoms. The molecule has 8 heteroatoms. The first-order valence-electron chi connectivity index (χ1n) is 8.47. The van der Waals surface area contributed by atoms with Crippen LogP contribution in [0.25, 0.3) is 6.08 Å². The van der Waals surface area contributed by atoms with Crippen LogP contribution in [-0.4, -0.2) is 40.6 Å². The monoisotopic (exact) mass is 365 g/mol. The summed E-state index contributed by atoms with van der Waals surface area (Å²) in [6.07, 6.45) is 9.41. The first kappa shape index (κ1) is 21.1. The van der Waals surface area contributed by atoms with Gasteiger partial charge in [0.25, 0.3) is 5.91 Å². The summed E-state index contributed by atoms with van der Waals surface area (Å²) in [7, 11) is 0. The third-order valence-electron chi connectivity index (χ3n) is 3.69. The molecule has 1 aromatic heterocycles. The smallest absolute Gasteiger partial charge is 0.264 e. The average Bonchev–Trinajstić information content (AvgIpc) is 2.64. The molecule has 1 fully saturated rings. The standard InChI is InChI=1S/C15H21N5O2S.C2H6/c1-23-13(14(22)18-9-21)8-12-6-7-17-15(20-12)19-11-4-2-10(16)3-5-11;1-2/h6-11H,2-5,16H2,1H3,(H,17,19,20)(H,18,21,22);1-2H3/b13-8-;. The van der Waals surface area contributed by atoms with E-state index in [1.807, 2.05) is 13.8 Å². The number of rotatable bonds is 6. The Morgan fingerprint density at radius 3 is 2.60 bits per heavy atom. The lowest BCUT2D eigenvalue weighted by Gasteiger charge is -2.26. The van der Waals surface area contributed by atoms with Crippen LogP contribution in [0.4, 0.5) is 5.95 Å². The van der Waals surface area contributed by atoms with E-state index < -0.39 is 5.91 Å². The van der Waals surface area contributed by atoms with Gasteiger partial charge in [-0.3, -0.25) is 14.9 Å². The predicted molar refractivity (Wildman–Crippen MR) is 103 cm³/mol. The summed E-state index contributed by atoms with van der Waals surface area (Å²) in [5, 5.41) is 5.44. The molecule has 4 N–H and O–H groups in total. The van der Waals surface area contributed by atoms with Gasteiger partial charge in [-0.2, -0.15) is 0 Å². The highest BCUT2D eigenvalue weighted by Gasteiger charge is 2.19. The van der Waals surface area contributed by atoms with Gasteiger partial charge in [-0.05, 0) is 44.1 Å². The fourth-order valence-electron chi connectivity index (χ4n) is 2.44. The zero-order valence-corrected chi connectivity index (χ0v) is 15.8. The van der Waals surface area contributed by atoms with Gasteiger partial charge in [0.2, 0.25) is 12.4 Å². The van der Waals surface area contributed by atoms with Gasteiger partial charge in [0, 0.05) is 18.3 Å². The predicted octanol–water partition coefficient (Wildman–Crippen LogP) is 2.16. The van der Waals surface area contributed by atoms with Crippen LogP contribution in [0, 0.1) is 0 Å². The topological polar surface area (TPSA) is 110 Å². The van der Waals surface area contributed by atoms with Crippen LogP contribution < -0.4 is 16.4 Å². The summed E-state index contributed by atoms with van der Waals surface area (Å²) < 4.78 is 0. The highest BCUT2D eigenvalue weighted by molar-refractivity contribution is 8.03. The zero-order chi connectivity index (χ0) is 18.7. The van der Waals surface area contributed by atoms with Crippen molar-refractivity contribution >= 4 is 36.1 Å². The van der Waals surface area contributed by atoms with E-state index in [1.54, 1.807) is 24.6 Å². The number of aromatic nitrogens is 2. The molecule has 0 spiro atoms. The van der Waals surface area contributed by atoms with Crippen LogP contribution in [-0.2, 0) is 9.59 Å². The van der Waals surface area contributed by atoms with Crippen LogP contribution in [0.5, 0.6) is 0 Å². The largest absolute Gasteiger partial charge is 0.351 e. The number of thioether (sulfide) groups is 1. The molecule has 2 rings (SSSR count). The molecule has 2 amide bonds. The molecule has 0 saturated heterocycles. The maximum atomic E-state index is 11.7. The van der Waals surface area contributed by atoms with Gasteiger partial charge in [-0.1, -0.05) is 13.8 Å². The molecule has 0 unspecified atom stereocenters. The lowest BCUT2D eigenvalue weighted by Crippen LogP contribution is -2.33. The molecule has 0 atom stereocenters. The number of carbonyl (C=O) groups is 2. The normalized spacial score (nSPS) is 20.1. The zero-order valence-electron chi connectivity index (χ0n) is 15.0. The number of carbonyl (C=O) groups excluding carboxylic acids is 2. The van der Waals surface area contributed by atoms with Gasteiger partial charge in [-0.25, -0.2) is 9.97 Å². The minimum atomic E-state index is -0.443. The first-order valence-corrected chi connectivity index (χ1v) is 9.70. The Kier molecular flexibility index (Phi) is 9.79. The third kappa shape index (κ3) is 7.23. The van der Waals surface area contributed by atoms with Crippen molar-refractivity contribution in [2.24, 2.45) is 5.73 Å². The highest BCUT2D eigenvalue weighted by atomic mass is 32.2. The number of hydrogen-bond acceptors (Lipinski definition) is 7. The van der Waals surface area contributed by atoms with Crippen molar-refractivity contribution in [3.63, 3.8) is 0 Å². The van der Waals surface area contributed by atoms with Crippen molar-refractivity contribution in [3.05, 3.63) is 22.9 Å². The summed E-state index contributed by atoms with van der Waals surface area (Å²) in [6, 6.07) is 2.34. The molecule has 25 heavy (non-hydrogen) atoms. The molecule has 1 saturated carbocycles. The molecule has 1 aliphatic carbocycles. The third-order valence-corrected chi connectivity index (χ3v) is 4.44. The Labute approximate surface area is 153 Å². The second-order valence-corrected chi connectivity index (χ2v) is 6.21. The number of amides is 2. The van der Waals surface area contributed by atoms with Gasteiger partial charge >= 0.3 is 0 Å². The Hall–Kier alpha value is -1.93. The minimum absolute atomic E-state index is 0.295. The van der Waals surface area contributed by atoms with Crippen molar-refractivity contribution in [3.8, 4) is 0 Å². The molecule has 1 heterocycles. The van der Waals surface area contributed by atoms with Gasteiger partial charge in [0.15, 0.2) is 0 Å². The van der Waals surface area contributed by atoms with Crippen LogP contribution in [0.2, 0.25) is 0 Å². The molecule has 7 nitrogen and oxygen atoms in total. The summed E-state index contributed by atoms with van der Waals surface area (Å²) in [4.78, 5) is 31.1. The van der Waals surface area contributed by atoms with Crippen molar-refractivity contribution < 1.29 is 9.59 Å². The lowest BCUT2D eigenvalue weighted by atomic mass is 9.92. The van der Waals surface area contributed by atoms with Crippen LogP contribution >= 0.6 is 11.8 Å². The molecule has 0 aromatic carbocycles. The molecular weight excluding hydrogens is 338 g/mol. The maximum absolute atomic E-state index is 11.7. The summed E-state index contributed by atoms with van der Waals surface area (Å²) in [5.74, 6) is 0.0948. The molecule has 0 aliphatic heterocycles. The fourth-order valence-corrected chi connectivity index (χ4v) is 2.93. The van der Waals surface area contributed by atoms with Crippen molar-refractivity contribution in [1.29, 1.82) is 0 Å². The molecule has 138 valence electrons. The van der Waals surface area contributed by atoms with E-state index in [0.717, 1.165) is 25.7 Å². The Bertz CT molecular complexity index is 586. The molecule has 1 aliphatic rings. The summed E-state index contributed by atoms with van der Waals surface area (Å²) in [5.41, 5.74) is 6.52. The van der Waals surface area contributed by atoms with E-state index in [-0.39, 0.29) is 0 Å². The van der Waals surface area contributed by atoms with Crippen molar-refractivity contribution in [1.82, 2.24) is 15.3 Å². The average molecular weight is 366 g/mol. The van der Waals surface area contributed by atoms with E-state index in [0.29, 0.717) is 35.0 Å². The van der Waals surface area contributed by atoms with Gasteiger partial charge in [0.1, 0.15) is 0 Å². The van der Waals surface area contributed by atoms with Crippen molar-refractivity contribution in [2.75, 3.05) is 11.6 Å². The second-order valence-electron chi connectivity index (χ2n) is 5.37. The van der Waals surface area contributed by atoms with E-state index >= 15 is 0 Å². The molecule has 1 aromatic rings. The van der Waals surface area contributed by atoms with Crippen molar-refractivity contribution in [2.45, 2.75) is 51.6 Å². The fraction of sp³-hybridized carbons (Fsp3) is 0.529. The van der Waals surface area contributed by atoms with E-state index in [9.17, 15) is 9.59 Å². The highest BCUT2D eigenvalue weighted by Crippen LogP contribution is 2.20. The number of nitrogens with one attached hydrogen (secondary N) is 2.